The molecule has 2 N–H and O–H groups in total. The smallest absolute Gasteiger partial charge is 0.321 e. The number of alkyl halides is 3. The van der Waals surface area contributed by atoms with E-state index < -0.39 is 23.7 Å². The number of hydrogen-bond donors (Lipinski definition) is 2. The van der Waals surface area contributed by atoms with Crippen LogP contribution in [0.1, 0.15) is 26.7 Å². The number of amides is 2. The molecule has 2 amide bonds. The molecule has 9 nitrogen and oxygen atoms in total. The molecule has 5 aromatic rings. The van der Waals surface area contributed by atoms with E-state index in [9.17, 15) is 22.8 Å². The highest BCUT2D eigenvalue weighted by Gasteiger charge is 2.35. The zero-order chi connectivity index (χ0) is 25.4. The first-order valence-electron chi connectivity index (χ1n) is 10.4. The van der Waals surface area contributed by atoms with Crippen molar-refractivity contribution >= 4 is 40.2 Å². The molecule has 0 aliphatic carbocycles. The molecule has 0 unspecified atom stereocenters. The molecule has 4 heterocycles. The summed E-state index contributed by atoms with van der Waals surface area (Å²) in [5.74, 6) is -1.11. The number of carbonyl (C=O) groups excluding carboxylic acids is 2. The Kier molecular flexibility index (Phi) is 5.76. The maximum absolute atomic E-state index is 13.7. The lowest BCUT2D eigenvalue weighted by molar-refractivity contribution is -0.142. The number of rotatable bonds is 5. The quantitative estimate of drug-likeness (QED) is 0.355. The van der Waals surface area contributed by atoms with Crippen molar-refractivity contribution in [2.75, 3.05) is 10.6 Å². The van der Waals surface area contributed by atoms with Gasteiger partial charge in [-0.3, -0.25) is 14.3 Å². The summed E-state index contributed by atoms with van der Waals surface area (Å²) >= 11 is 1.25. The molecule has 0 bridgehead atoms. The lowest BCUT2D eigenvalue weighted by atomic mass is 10.2. The second-order valence-corrected chi connectivity index (χ2v) is 8.61. The van der Waals surface area contributed by atoms with Gasteiger partial charge in [0.25, 0.3) is 11.8 Å². The highest BCUT2D eigenvalue weighted by Crippen LogP contribution is 2.33. The van der Waals surface area contributed by atoms with Gasteiger partial charge in [0.2, 0.25) is 0 Å². The first-order chi connectivity index (χ1) is 17.2. The summed E-state index contributed by atoms with van der Waals surface area (Å²) in [6, 6.07) is 13.3. The van der Waals surface area contributed by atoms with Crippen LogP contribution in [0.15, 0.2) is 66.2 Å². The van der Waals surface area contributed by atoms with Crippen LogP contribution in [-0.2, 0) is 13.2 Å². The zero-order valence-electron chi connectivity index (χ0n) is 18.4. The minimum absolute atomic E-state index is 0.106. The summed E-state index contributed by atoms with van der Waals surface area (Å²) in [7, 11) is 1.69. The van der Waals surface area contributed by atoms with Gasteiger partial charge in [0, 0.05) is 30.7 Å². The van der Waals surface area contributed by atoms with Crippen LogP contribution in [0.25, 0.3) is 16.2 Å². The van der Waals surface area contributed by atoms with E-state index in [1.54, 1.807) is 49.0 Å². The number of fused-ring (bicyclic) bond motifs is 1. The number of nitrogens with zero attached hydrogens (tertiary/aromatic N) is 5. The number of aryl methyl sites for hydroxylation is 1. The Morgan fingerprint density at radius 2 is 1.58 bits per heavy atom. The summed E-state index contributed by atoms with van der Waals surface area (Å²) in [6.07, 6.45) is -3.06. The normalized spacial score (nSPS) is 11.6. The second kappa shape index (κ2) is 8.92. The maximum atomic E-state index is 13.7. The molecule has 13 heteroatoms. The molecule has 182 valence electrons. The molecule has 0 fully saturated rings. The molecule has 0 radical (unpaired) electrons. The molecule has 0 saturated heterocycles. The van der Waals surface area contributed by atoms with Gasteiger partial charge in [-0.05, 0) is 47.8 Å². The van der Waals surface area contributed by atoms with Crippen molar-refractivity contribution in [3.05, 3.63) is 83.3 Å². The maximum Gasteiger partial charge on any atom is 0.433 e. The predicted molar refractivity (Wildman–Crippen MR) is 127 cm³/mol. The molecule has 0 saturated carbocycles. The minimum Gasteiger partial charge on any atom is -0.321 e. The van der Waals surface area contributed by atoms with Crippen LogP contribution in [0, 0.1) is 0 Å². The van der Waals surface area contributed by atoms with Crippen molar-refractivity contribution < 1.29 is 22.8 Å². The highest BCUT2D eigenvalue weighted by molar-refractivity contribution is 7.13. The number of anilines is 2. The average Bonchev–Trinajstić information content (AvgIpc) is 3.59. The first kappa shape index (κ1) is 23.2. The molecule has 1 aromatic carbocycles. The fourth-order valence-corrected chi connectivity index (χ4v) is 4.09. The van der Waals surface area contributed by atoms with Crippen LogP contribution >= 0.6 is 11.3 Å². The topological polar surface area (TPSA) is 106 Å². The molecule has 36 heavy (non-hydrogen) atoms. The SMILES string of the molecule is Cn1ccc(C(=O)Nc2ccc(NC(=O)c3cc4nc(-c5cccs5)cc(C(F)(F)F)n4n3)cc2)n1. The first-order valence-corrected chi connectivity index (χ1v) is 11.3. The summed E-state index contributed by atoms with van der Waals surface area (Å²) in [5.41, 5.74) is -0.165. The highest BCUT2D eigenvalue weighted by atomic mass is 32.1. The van der Waals surface area contributed by atoms with E-state index in [4.69, 9.17) is 0 Å². The van der Waals surface area contributed by atoms with E-state index in [1.807, 2.05) is 0 Å². The number of benzene rings is 1. The lowest BCUT2D eigenvalue weighted by Gasteiger charge is -2.10. The number of hydrogen-bond acceptors (Lipinski definition) is 6. The van der Waals surface area contributed by atoms with E-state index in [0.717, 1.165) is 6.07 Å². The Bertz CT molecular complexity index is 1570. The molecule has 0 aliphatic rings. The molecule has 4 aromatic heterocycles. The van der Waals surface area contributed by atoms with Crippen LogP contribution in [0.3, 0.4) is 0 Å². The lowest BCUT2D eigenvalue weighted by Crippen LogP contribution is -2.16. The Balaban J connectivity index is 1.36. The van der Waals surface area contributed by atoms with Crippen molar-refractivity contribution in [1.82, 2.24) is 24.4 Å². The van der Waals surface area contributed by atoms with E-state index in [0.29, 0.717) is 20.8 Å². The minimum atomic E-state index is -4.71. The molecule has 0 spiro atoms. The van der Waals surface area contributed by atoms with Crippen LogP contribution in [0.4, 0.5) is 24.5 Å². The third kappa shape index (κ3) is 4.68. The average molecular weight is 511 g/mol. The zero-order valence-corrected chi connectivity index (χ0v) is 19.3. The van der Waals surface area contributed by atoms with Crippen molar-refractivity contribution in [2.24, 2.45) is 7.05 Å². The Labute approximate surface area is 205 Å². The summed E-state index contributed by atoms with van der Waals surface area (Å²) in [6.45, 7) is 0. The van der Waals surface area contributed by atoms with Crippen LogP contribution in [-0.4, -0.2) is 36.2 Å². The summed E-state index contributed by atoms with van der Waals surface area (Å²) in [5, 5.41) is 14.9. The summed E-state index contributed by atoms with van der Waals surface area (Å²) in [4.78, 5) is 29.8. The Hall–Kier alpha value is -4.52. The van der Waals surface area contributed by atoms with Gasteiger partial charge < -0.3 is 10.6 Å². The molecule has 5 rings (SSSR count). The Morgan fingerprint density at radius 3 is 2.14 bits per heavy atom. The van der Waals surface area contributed by atoms with Crippen LogP contribution in [0.2, 0.25) is 0 Å². The number of thiophene rings is 1. The van der Waals surface area contributed by atoms with E-state index in [-0.39, 0.29) is 22.7 Å². The van der Waals surface area contributed by atoms with Gasteiger partial charge in [-0.1, -0.05) is 6.07 Å². The third-order valence-corrected chi connectivity index (χ3v) is 5.96. The fourth-order valence-electron chi connectivity index (χ4n) is 3.40. The number of aromatic nitrogens is 5. The van der Waals surface area contributed by atoms with Crippen LogP contribution < -0.4 is 10.6 Å². The van der Waals surface area contributed by atoms with E-state index in [1.165, 1.54) is 34.2 Å². The molecular weight excluding hydrogens is 495 g/mol. The van der Waals surface area contributed by atoms with Crippen LogP contribution in [0.5, 0.6) is 0 Å². The second-order valence-electron chi connectivity index (χ2n) is 7.66. The van der Waals surface area contributed by atoms with Gasteiger partial charge in [0.15, 0.2) is 22.7 Å². The van der Waals surface area contributed by atoms with Gasteiger partial charge in [0.1, 0.15) is 0 Å². The molecule has 0 atom stereocenters. The Morgan fingerprint density at radius 1 is 0.917 bits per heavy atom. The third-order valence-electron chi connectivity index (χ3n) is 5.07. The molecule has 0 aliphatic heterocycles. The number of nitrogens with one attached hydrogen (secondary N) is 2. The number of carbonyl (C=O) groups is 2. The van der Waals surface area contributed by atoms with Crippen molar-refractivity contribution in [3.8, 4) is 10.6 Å². The van der Waals surface area contributed by atoms with E-state index in [2.05, 4.69) is 25.8 Å². The predicted octanol–water partition coefficient (Wildman–Crippen LogP) is 4.71. The fraction of sp³-hybridized carbons (Fsp3) is 0.0870. The van der Waals surface area contributed by atoms with Gasteiger partial charge >= 0.3 is 6.18 Å². The van der Waals surface area contributed by atoms with Gasteiger partial charge in [-0.25, -0.2) is 9.50 Å². The van der Waals surface area contributed by atoms with E-state index >= 15 is 0 Å². The number of halogens is 3. The van der Waals surface area contributed by atoms with Crippen molar-refractivity contribution in [2.45, 2.75) is 6.18 Å². The summed E-state index contributed by atoms with van der Waals surface area (Å²) < 4.78 is 43.3. The monoisotopic (exact) mass is 511 g/mol. The van der Waals surface area contributed by atoms with Gasteiger partial charge in [0.05, 0.1) is 10.6 Å². The largest absolute Gasteiger partial charge is 0.433 e. The standard InChI is InChI=1S/C23H16F3N7O2S/c1-32-9-8-15(30-32)21(34)27-13-4-6-14(7-5-13)28-22(35)17-12-20-29-16(18-3-2-10-36-18)11-19(23(24,25)26)33(20)31-17/h2-12H,1H3,(H,27,34)(H,28,35). The van der Waals surface area contributed by atoms with Crippen molar-refractivity contribution in [3.63, 3.8) is 0 Å². The molecular formula is C23H16F3N7O2S. The van der Waals surface area contributed by atoms with Gasteiger partial charge in [-0.2, -0.15) is 23.4 Å². The van der Waals surface area contributed by atoms with Crippen molar-refractivity contribution in [1.29, 1.82) is 0 Å². The van der Waals surface area contributed by atoms with Gasteiger partial charge in [-0.15, -0.1) is 11.3 Å².